The van der Waals surface area contributed by atoms with Crippen LogP contribution in [0.15, 0.2) is 52.8 Å². The molecule has 8 heteroatoms. The topological polar surface area (TPSA) is 51.2 Å². The molecule has 0 atom stereocenters. The minimum absolute atomic E-state index is 0.341. The Kier molecular flexibility index (Phi) is 7.01. The Hall–Kier alpha value is -2.35. The van der Waals surface area contributed by atoms with E-state index in [4.69, 9.17) is 4.74 Å². The Labute approximate surface area is 163 Å². The first-order valence-corrected chi connectivity index (χ1v) is 8.83. The van der Waals surface area contributed by atoms with Crippen molar-refractivity contribution in [3.8, 4) is 0 Å². The molecular weight excluding hydrogens is 425 g/mol. The number of carbonyl (C=O) groups excluding carboxylic acids is 1. The maximum atomic E-state index is 12.7. The van der Waals surface area contributed by atoms with Crippen molar-refractivity contribution in [1.29, 1.82) is 0 Å². The van der Waals surface area contributed by atoms with Gasteiger partial charge in [0.2, 0.25) is 0 Å². The fraction of sp³-hybridized carbons (Fsp3) is 0.263. The Balaban J connectivity index is 2.17. The molecular formula is C19H18BrF3N2O2. The lowest BCUT2D eigenvalue weighted by molar-refractivity contribution is -0.141. The van der Waals surface area contributed by atoms with Crippen LogP contribution in [0, 0.1) is 0 Å². The van der Waals surface area contributed by atoms with E-state index in [1.165, 1.54) is 13.2 Å². The fourth-order valence-electron chi connectivity index (χ4n) is 2.50. The molecule has 0 radical (unpaired) electrons. The molecule has 0 amide bonds. The number of pyridine rings is 1. The van der Waals surface area contributed by atoms with Crippen LogP contribution < -0.4 is 5.32 Å². The van der Waals surface area contributed by atoms with E-state index in [0.717, 1.165) is 16.7 Å². The number of allylic oxidation sites excluding steroid dienone is 1. The van der Waals surface area contributed by atoms with E-state index in [1.807, 2.05) is 6.07 Å². The highest BCUT2D eigenvalue weighted by Crippen LogP contribution is 2.28. The number of benzene rings is 1. The summed E-state index contributed by atoms with van der Waals surface area (Å²) in [5.41, 5.74) is 1.17. The van der Waals surface area contributed by atoms with Crippen LogP contribution in [0.5, 0.6) is 0 Å². The maximum absolute atomic E-state index is 12.7. The molecule has 0 unspecified atom stereocenters. The van der Waals surface area contributed by atoms with E-state index in [9.17, 15) is 18.0 Å². The summed E-state index contributed by atoms with van der Waals surface area (Å²) in [4.78, 5) is 15.6. The second kappa shape index (κ2) is 9.03. The van der Waals surface area contributed by atoms with Gasteiger partial charge in [0.05, 0.1) is 12.7 Å². The van der Waals surface area contributed by atoms with Gasteiger partial charge in [0.15, 0.2) is 0 Å². The molecule has 1 heterocycles. The van der Waals surface area contributed by atoms with Gasteiger partial charge in [-0.25, -0.2) is 4.79 Å². The van der Waals surface area contributed by atoms with Crippen molar-refractivity contribution in [1.82, 2.24) is 10.3 Å². The zero-order valence-corrected chi connectivity index (χ0v) is 16.3. The molecule has 0 bridgehead atoms. The third-order valence-electron chi connectivity index (χ3n) is 3.83. The number of hydrogen-bond acceptors (Lipinski definition) is 4. The smallest absolute Gasteiger partial charge is 0.433 e. The standard InChI is InChI=1S/C19H18BrF3N2O2/c1-12(17(18(26)27-2)14-5-3-4-6-15(14)20)24-9-7-13-8-10-25-16(11-13)19(21,22)23/h3-6,8,10-11,24H,7,9H2,1-2H3. The van der Waals surface area contributed by atoms with Crippen molar-refractivity contribution < 1.29 is 22.7 Å². The number of aromatic nitrogens is 1. The number of nitrogens with one attached hydrogen (secondary N) is 1. The molecule has 1 aromatic heterocycles. The van der Waals surface area contributed by atoms with Crippen LogP contribution in [0.2, 0.25) is 0 Å². The molecule has 144 valence electrons. The molecule has 1 aromatic carbocycles. The van der Waals surface area contributed by atoms with Gasteiger partial charge in [0, 0.05) is 28.5 Å². The lowest BCUT2D eigenvalue weighted by atomic mass is 10.0. The van der Waals surface area contributed by atoms with Gasteiger partial charge in [-0.05, 0) is 37.1 Å². The molecule has 27 heavy (non-hydrogen) atoms. The van der Waals surface area contributed by atoms with E-state index < -0.39 is 17.8 Å². The molecule has 1 N–H and O–H groups in total. The Bertz CT molecular complexity index is 851. The molecule has 0 saturated heterocycles. The van der Waals surface area contributed by atoms with Crippen molar-refractivity contribution in [3.05, 3.63) is 69.6 Å². The second-order valence-corrected chi connectivity index (χ2v) is 6.55. The summed E-state index contributed by atoms with van der Waals surface area (Å²) in [6.07, 6.45) is -2.99. The van der Waals surface area contributed by atoms with E-state index in [2.05, 4.69) is 26.2 Å². The molecule has 0 saturated carbocycles. The highest BCUT2D eigenvalue weighted by molar-refractivity contribution is 9.10. The van der Waals surface area contributed by atoms with Gasteiger partial charge in [-0.3, -0.25) is 4.98 Å². The zero-order chi connectivity index (χ0) is 20.0. The number of carbonyl (C=O) groups is 1. The van der Waals surface area contributed by atoms with Crippen molar-refractivity contribution in [2.75, 3.05) is 13.7 Å². The highest BCUT2D eigenvalue weighted by Gasteiger charge is 2.32. The first-order chi connectivity index (χ1) is 12.7. The fourth-order valence-corrected chi connectivity index (χ4v) is 2.98. The Morgan fingerprint density at radius 2 is 1.96 bits per heavy atom. The molecule has 0 aliphatic heterocycles. The minimum atomic E-state index is -4.48. The summed E-state index contributed by atoms with van der Waals surface area (Å²) < 4.78 is 43.8. The summed E-state index contributed by atoms with van der Waals surface area (Å²) in [6, 6.07) is 9.76. The normalized spacial score (nSPS) is 12.4. The van der Waals surface area contributed by atoms with E-state index in [1.54, 1.807) is 25.1 Å². The minimum Gasteiger partial charge on any atom is -0.465 e. The van der Waals surface area contributed by atoms with Crippen molar-refractivity contribution in [2.24, 2.45) is 0 Å². The van der Waals surface area contributed by atoms with Crippen LogP contribution in [0.3, 0.4) is 0 Å². The van der Waals surface area contributed by atoms with E-state index in [-0.39, 0.29) is 0 Å². The molecule has 2 rings (SSSR count). The third kappa shape index (κ3) is 5.56. The number of nitrogens with zero attached hydrogens (tertiary/aromatic N) is 1. The average Bonchev–Trinajstić information content (AvgIpc) is 2.63. The lowest BCUT2D eigenvalue weighted by Gasteiger charge is -2.14. The van der Waals surface area contributed by atoms with Crippen LogP contribution >= 0.6 is 15.9 Å². The van der Waals surface area contributed by atoms with E-state index >= 15 is 0 Å². The van der Waals surface area contributed by atoms with Gasteiger partial charge >= 0.3 is 12.1 Å². The van der Waals surface area contributed by atoms with Crippen LogP contribution in [0.4, 0.5) is 13.2 Å². The zero-order valence-electron chi connectivity index (χ0n) is 14.7. The second-order valence-electron chi connectivity index (χ2n) is 5.70. The van der Waals surface area contributed by atoms with Gasteiger partial charge in [0.1, 0.15) is 5.69 Å². The van der Waals surface area contributed by atoms with Crippen LogP contribution in [0.1, 0.15) is 23.7 Å². The molecule has 0 spiro atoms. The number of esters is 1. The Morgan fingerprint density at radius 3 is 2.59 bits per heavy atom. The first-order valence-electron chi connectivity index (χ1n) is 8.04. The van der Waals surface area contributed by atoms with Crippen LogP contribution in [-0.2, 0) is 22.1 Å². The number of halogens is 4. The predicted molar refractivity (Wildman–Crippen MR) is 99.7 cm³/mol. The van der Waals surface area contributed by atoms with Crippen molar-refractivity contribution in [3.63, 3.8) is 0 Å². The van der Waals surface area contributed by atoms with Crippen molar-refractivity contribution >= 4 is 27.5 Å². The molecule has 0 aliphatic rings. The summed E-state index contributed by atoms with van der Waals surface area (Å²) >= 11 is 3.41. The number of rotatable bonds is 6. The molecule has 0 fully saturated rings. The summed E-state index contributed by atoms with van der Waals surface area (Å²) in [6.45, 7) is 2.07. The highest BCUT2D eigenvalue weighted by atomic mass is 79.9. The molecule has 2 aromatic rings. The van der Waals surface area contributed by atoms with Gasteiger partial charge in [-0.1, -0.05) is 34.1 Å². The van der Waals surface area contributed by atoms with Gasteiger partial charge in [0.25, 0.3) is 0 Å². The van der Waals surface area contributed by atoms with E-state index in [0.29, 0.717) is 35.4 Å². The summed E-state index contributed by atoms with van der Waals surface area (Å²) in [5.74, 6) is -0.504. The van der Waals surface area contributed by atoms with Gasteiger partial charge < -0.3 is 10.1 Å². The third-order valence-corrected chi connectivity index (χ3v) is 4.52. The maximum Gasteiger partial charge on any atom is 0.433 e. The first kappa shape index (κ1) is 21.0. The van der Waals surface area contributed by atoms with Crippen LogP contribution in [0.25, 0.3) is 5.57 Å². The number of alkyl halides is 3. The monoisotopic (exact) mass is 442 g/mol. The number of methoxy groups -OCH3 is 1. The summed E-state index contributed by atoms with van der Waals surface area (Å²) in [5, 5.41) is 3.09. The number of hydrogen-bond donors (Lipinski definition) is 1. The average molecular weight is 443 g/mol. The number of ether oxygens (including phenoxy) is 1. The molecule has 0 aliphatic carbocycles. The molecule has 4 nitrogen and oxygen atoms in total. The van der Waals surface area contributed by atoms with Gasteiger partial charge in [-0.2, -0.15) is 13.2 Å². The summed E-state index contributed by atoms with van der Waals surface area (Å²) in [7, 11) is 1.29. The predicted octanol–water partition coefficient (Wildman–Crippen LogP) is 4.60. The largest absolute Gasteiger partial charge is 0.465 e. The SMILES string of the molecule is COC(=O)C(=C(C)NCCc1ccnc(C(F)(F)F)c1)c1ccccc1Br. The van der Waals surface area contributed by atoms with Gasteiger partial charge in [-0.15, -0.1) is 0 Å². The van der Waals surface area contributed by atoms with Crippen LogP contribution in [-0.4, -0.2) is 24.6 Å². The van der Waals surface area contributed by atoms with Crippen molar-refractivity contribution in [2.45, 2.75) is 19.5 Å². The Morgan fingerprint density at radius 1 is 1.26 bits per heavy atom. The quantitative estimate of drug-likeness (QED) is 0.524. The lowest BCUT2D eigenvalue weighted by Crippen LogP contribution is -2.20.